The first-order chi connectivity index (χ1) is 14.0. The third-order valence-electron chi connectivity index (χ3n) is 4.89. The molecule has 3 rings (SSSR count). The number of carbonyl (C=O) groups excluding carboxylic acids is 1. The molecule has 6 heteroatoms. The molecule has 0 radical (unpaired) electrons. The number of fused-ring (bicyclic) bond motifs is 1. The number of carbonyl (C=O) groups is 1. The lowest BCUT2D eigenvalue weighted by atomic mass is 9.94. The van der Waals surface area contributed by atoms with Crippen molar-refractivity contribution in [2.24, 2.45) is 5.92 Å². The Bertz CT molecular complexity index is 983. The summed E-state index contributed by atoms with van der Waals surface area (Å²) < 4.78 is 10.8. The number of aliphatic hydroxyl groups is 1. The number of hydrogen-bond donors (Lipinski definition) is 3. The van der Waals surface area contributed by atoms with Crippen molar-refractivity contribution in [1.82, 2.24) is 0 Å². The van der Waals surface area contributed by atoms with Gasteiger partial charge in [-0.05, 0) is 41.5 Å². The number of phenols is 1. The fourth-order valence-electron chi connectivity index (χ4n) is 3.34. The van der Waals surface area contributed by atoms with Gasteiger partial charge in [0.15, 0.2) is 11.5 Å². The SMILES string of the molecule is COc1ccc([C@@H](OC(=O)Nc2cccc3ccccc23)[C@@H](C)CCO)cc1O. The Morgan fingerprint density at radius 1 is 1.10 bits per heavy atom. The van der Waals surface area contributed by atoms with Gasteiger partial charge in [0, 0.05) is 12.0 Å². The fourth-order valence-corrected chi connectivity index (χ4v) is 3.34. The van der Waals surface area contributed by atoms with Gasteiger partial charge in [-0.25, -0.2) is 4.79 Å². The molecule has 0 heterocycles. The number of aromatic hydroxyl groups is 1. The van der Waals surface area contributed by atoms with Gasteiger partial charge >= 0.3 is 6.09 Å². The third-order valence-corrected chi connectivity index (χ3v) is 4.89. The highest BCUT2D eigenvalue weighted by Crippen LogP contribution is 2.35. The zero-order valence-corrected chi connectivity index (χ0v) is 16.5. The van der Waals surface area contributed by atoms with Gasteiger partial charge in [0.1, 0.15) is 6.10 Å². The number of hydrogen-bond acceptors (Lipinski definition) is 5. The molecule has 0 spiro atoms. The molecule has 1 amide bonds. The number of phenolic OH excluding ortho intramolecular Hbond substituents is 1. The van der Waals surface area contributed by atoms with Crippen molar-refractivity contribution in [3.63, 3.8) is 0 Å². The number of methoxy groups -OCH3 is 1. The largest absolute Gasteiger partial charge is 0.504 e. The van der Waals surface area contributed by atoms with E-state index in [1.54, 1.807) is 12.1 Å². The van der Waals surface area contributed by atoms with E-state index in [9.17, 15) is 15.0 Å². The molecule has 0 aromatic heterocycles. The van der Waals surface area contributed by atoms with E-state index in [2.05, 4.69) is 5.32 Å². The molecule has 0 aliphatic carbocycles. The average Bonchev–Trinajstić information content (AvgIpc) is 2.72. The van der Waals surface area contributed by atoms with Crippen LogP contribution in [0.1, 0.15) is 25.0 Å². The summed E-state index contributed by atoms with van der Waals surface area (Å²) in [6.45, 7) is 1.85. The molecule has 0 unspecified atom stereocenters. The summed E-state index contributed by atoms with van der Waals surface area (Å²) in [7, 11) is 1.47. The van der Waals surface area contributed by atoms with Crippen molar-refractivity contribution in [3.8, 4) is 11.5 Å². The second-order valence-electron chi connectivity index (χ2n) is 6.90. The van der Waals surface area contributed by atoms with Crippen LogP contribution in [0.4, 0.5) is 10.5 Å². The van der Waals surface area contributed by atoms with Gasteiger partial charge in [-0.1, -0.05) is 49.4 Å². The molecule has 0 fully saturated rings. The highest BCUT2D eigenvalue weighted by Gasteiger charge is 2.25. The first kappa shape index (κ1) is 20.5. The van der Waals surface area contributed by atoms with Crippen molar-refractivity contribution in [2.75, 3.05) is 19.0 Å². The Balaban J connectivity index is 1.83. The number of aliphatic hydroxyl groups excluding tert-OH is 1. The molecule has 6 nitrogen and oxygen atoms in total. The van der Waals surface area contributed by atoms with Crippen LogP contribution in [0.25, 0.3) is 10.8 Å². The number of ether oxygens (including phenoxy) is 2. The van der Waals surface area contributed by atoms with Crippen LogP contribution in [-0.4, -0.2) is 30.0 Å². The lowest BCUT2D eigenvalue weighted by Crippen LogP contribution is -2.22. The lowest BCUT2D eigenvalue weighted by Gasteiger charge is -2.25. The molecule has 3 aromatic carbocycles. The maximum Gasteiger partial charge on any atom is 0.412 e. The molecular weight excluding hydrogens is 370 g/mol. The Labute approximate surface area is 169 Å². The smallest absolute Gasteiger partial charge is 0.412 e. The maximum atomic E-state index is 12.7. The number of benzene rings is 3. The standard InChI is InChI=1S/C23H25NO5/c1-15(12-13-25)22(17-10-11-21(28-2)20(26)14-17)29-23(27)24-19-9-5-7-16-6-3-4-8-18(16)19/h3-11,14-15,22,25-26H,12-13H2,1-2H3,(H,24,27)/t15-,22-/m0/s1. The number of anilines is 1. The molecule has 0 aliphatic rings. The average molecular weight is 395 g/mol. The van der Waals surface area contributed by atoms with Crippen LogP contribution in [0, 0.1) is 5.92 Å². The summed E-state index contributed by atoms with van der Waals surface area (Å²) >= 11 is 0. The van der Waals surface area contributed by atoms with Crippen molar-refractivity contribution in [1.29, 1.82) is 0 Å². The molecule has 3 aromatic rings. The Kier molecular flexibility index (Phi) is 6.57. The van der Waals surface area contributed by atoms with Crippen LogP contribution in [0.2, 0.25) is 0 Å². The van der Waals surface area contributed by atoms with Crippen LogP contribution in [0.3, 0.4) is 0 Å². The summed E-state index contributed by atoms with van der Waals surface area (Å²) in [6, 6.07) is 18.3. The minimum Gasteiger partial charge on any atom is -0.504 e. The highest BCUT2D eigenvalue weighted by atomic mass is 16.6. The molecule has 152 valence electrons. The normalized spacial score (nSPS) is 12.9. The van der Waals surface area contributed by atoms with Gasteiger partial charge in [-0.15, -0.1) is 0 Å². The highest BCUT2D eigenvalue weighted by molar-refractivity contribution is 6.00. The van der Waals surface area contributed by atoms with E-state index in [0.717, 1.165) is 10.8 Å². The Morgan fingerprint density at radius 3 is 2.59 bits per heavy atom. The van der Waals surface area contributed by atoms with E-state index in [1.807, 2.05) is 49.4 Å². The fraction of sp³-hybridized carbons (Fsp3) is 0.261. The van der Waals surface area contributed by atoms with Crippen LogP contribution >= 0.6 is 0 Å². The summed E-state index contributed by atoms with van der Waals surface area (Å²) in [5, 5.41) is 24.2. The number of nitrogens with one attached hydrogen (secondary N) is 1. The van der Waals surface area contributed by atoms with Crippen LogP contribution in [0.5, 0.6) is 11.5 Å². The molecular formula is C23H25NO5. The van der Waals surface area contributed by atoms with Crippen LogP contribution in [0.15, 0.2) is 60.7 Å². The molecule has 0 aliphatic heterocycles. The quantitative estimate of drug-likeness (QED) is 0.532. The monoisotopic (exact) mass is 395 g/mol. The molecule has 0 bridgehead atoms. The third kappa shape index (κ3) is 4.78. The molecule has 29 heavy (non-hydrogen) atoms. The van der Waals surface area contributed by atoms with Crippen molar-refractivity contribution in [2.45, 2.75) is 19.4 Å². The van der Waals surface area contributed by atoms with E-state index in [4.69, 9.17) is 9.47 Å². The first-order valence-corrected chi connectivity index (χ1v) is 9.46. The zero-order valence-electron chi connectivity index (χ0n) is 16.5. The van der Waals surface area contributed by atoms with Crippen molar-refractivity contribution in [3.05, 3.63) is 66.2 Å². The second kappa shape index (κ2) is 9.30. The Hall–Kier alpha value is -3.25. The summed E-state index contributed by atoms with van der Waals surface area (Å²) in [6.07, 6.45) is -0.806. The molecule has 0 saturated carbocycles. The van der Waals surface area contributed by atoms with Gasteiger partial charge in [0.05, 0.1) is 12.8 Å². The van der Waals surface area contributed by atoms with Gasteiger partial charge in [0.2, 0.25) is 0 Å². The first-order valence-electron chi connectivity index (χ1n) is 9.46. The predicted molar refractivity (Wildman–Crippen MR) is 112 cm³/mol. The minimum atomic E-state index is -0.645. The lowest BCUT2D eigenvalue weighted by molar-refractivity contribution is 0.0666. The van der Waals surface area contributed by atoms with E-state index in [-0.39, 0.29) is 18.3 Å². The summed E-state index contributed by atoms with van der Waals surface area (Å²) in [4.78, 5) is 12.7. The van der Waals surface area contributed by atoms with Gasteiger partial charge < -0.3 is 19.7 Å². The number of amides is 1. The molecule has 3 N–H and O–H groups in total. The number of rotatable bonds is 7. The van der Waals surface area contributed by atoms with Crippen molar-refractivity contribution < 1.29 is 24.5 Å². The minimum absolute atomic E-state index is 0.0336. The van der Waals surface area contributed by atoms with Crippen LogP contribution < -0.4 is 10.1 Å². The van der Waals surface area contributed by atoms with E-state index in [1.165, 1.54) is 13.2 Å². The topological polar surface area (TPSA) is 88.0 Å². The van der Waals surface area contributed by atoms with Gasteiger partial charge in [0.25, 0.3) is 0 Å². The van der Waals surface area contributed by atoms with E-state index < -0.39 is 12.2 Å². The Morgan fingerprint density at radius 2 is 1.86 bits per heavy atom. The van der Waals surface area contributed by atoms with Gasteiger partial charge in [-0.3, -0.25) is 5.32 Å². The summed E-state index contributed by atoms with van der Waals surface area (Å²) in [5.74, 6) is 0.137. The maximum absolute atomic E-state index is 12.7. The van der Waals surface area contributed by atoms with E-state index >= 15 is 0 Å². The van der Waals surface area contributed by atoms with Crippen LogP contribution in [-0.2, 0) is 4.74 Å². The van der Waals surface area contributed by atoms with Gasteiger partial charge in [-0.2, -0.15) is 0 Å². The van der Waals surface area contributed by atoms with E-state index in [0.29, 0.717) is 23.4 Å². The summed E-state index contributed by atoms with van der Waals surface area (Å²) in [5.41, 5.74) is 1.27. The van der Waals surface area contributed by atoms with Crippen molar-refractivity contribution >= 4 is 22.6 Å². The molecule has 2 atom stereocenters. The second-order valence-corrected chi connectivity index (χ2v) is 6.90. The predicted octanol–water partition coefficient (Wildman–Crippen LogP) is 4.86. The molecule has 0 saturated heterocycles. The zero-order chi connectivity index (χ0) is 20.8.